The maximum absolute atomic E-state index is 5.95. The van der Waals surface area contributed by atoms with Crippen LogP contribution >= 0.6 is 27.5 Å². The van der Waals surface area contributed by atoms with Crippen LogP contribution in [0.1, 0.15) is 11.3 Å². The van der Waals surface area contributed by atoms with Gasteiger partial charge in [0.2, 0.25) is 5.95 Å². The van der Waals surface area contributed by atoms with E-state index in [0.717, 1.165) is 15.7 Å². The SMILES string of the molecule is Nc1nc(Cc2cccc(Br)c2)c2nc(Cl)ccc2n1. The summed E-state index contributed by atoms with van der Waals surface area (Å²) in [6.45, 7) is 0. The molecule has 0 spiro atoms. The van der Waals surface area contributed by atoms with Gasteiger partial charge in [0.05, 0.1) is 11.2 Å². The van der Waals surface area contributed by atoms with Gasteiger partial charge in [-0.1, -0.05) is 39.7 Å². The van der Waals surface area contributed by atoms with Gasteiger partial charge in [-0.3, -0.25) is 0 Å². The fourth-order valence-electron chi connectivity index (χ4n) is 2.03. The molecule has 1 aromatic carbocycles. The maximum atomic E-state index is 5.95. The largest absolute Gasteiger partial charge is 0.368 e. The Morgan fingerprint density at radius 3 is 2.75 bits per heavy atom. The first-order valence-corrected chi connectivity index (χ1v) is 7.12. The number of fused-ring (bicyclic) bond motifs is 1. The lowest BCUT2D eigenvalue weighted by atomic mass is 10.1. The molecule has 3 aromatic rings. The third kappa shape index (κ3) is 2.73. The molecule has 2 heterocycles. The van der Waals surface area contributed by atoms with Gasteiger partial charge < -0.3 is 5.73 Å². The fraction of sp³-hybridized carbons (Fsp3) is 0.0714. The highest BCUT2D eigenvalue weighted by molar-refractivity contribution is 9.10. The van der Waals surface area contributed by atoms with E-state index >= 15 is 0 Å². The van der Waals surface area contributed by atoms with Gasteiger partial charge >= 0.3 is 0 Å². The van der Waals surface area contributed by atoms with Gasteiger partial charge in [-0.2, -0.15) is 0 Å². The van der Waals surface area contributed by atoms with Crippen molar-refractivity contribution in [2.45, 2.75) is 6.42 Å². The zero-order chi connectivity index (χ0) is 14.1. The molecule has 3 rings (SSSR count). The lowest BCUT2D eigenvalue weighted by molar-refractivity contribution is 1.06. The van der Waals surface area contributed by atoms with E-state index in [2.05, 4.69) is 30.9 Å². The van der Waals surface area contributed by atoms with Crippen molar-refractivity contribution in [2.75, 3.05) is 5.73 Å². The zero-order valence-corrected chi connectivity index (χ0v) is 12.7. The number of benzene rings is 1. The fourth-order valence-corrected chi connectivity index (χ4v) is 2.63. The molecule has 0 fully saturated rings. The zero-order valence-electron chi connectivity index (χ0n) is 10.3. The second-order valence-corrected chi connectivity index (χ2v) is 5.64. The van der Waals surface area contributed by atoms with E-state index in [9.17, 15) is 0 Å². The first-order chi connectivity index (χ1) is 9.61. The number of nitrogens with zero attached hydrogens (tertiary/aromatic N) is 3. The predicted molar refractivity (Wildman–Crippen MR) is 83.7 cm³/mol. The summed E-state index contributed by atoms with van der Waals surface area (Å²) in [6, 6.07) is 11.5. The smallest absolute Gasteiger partial charge is 0.220 e. The summed E-state index contributed by atoms with van der Waals surface area (Å²) >= 11 is 9.41. The predicted octanol–water partition coefficient (Wildman–Crippen LogP) is 3.61. The molecule has 0 aliphatic rings. The van der Waals surface area contributed by atoms with Crippen molar-refractivity contribution < 1.29 is 0 Å². The third-order valence-corrected chi connectivity index (χ3v) is 3.56. The minimum atomic E-state index is 0.242. The molecular formula is C14H10BrClN4. The second-order valence-electron chi connectivity index (χ2n) is 4.34. The highest BCUT2D eigenvalue weighted by Gasteiger charge is 2.09. The standard InChI is InChI=1S/C14H10BrClN4/c15-9-3-1-2-8(6-9)7-11-13-10(18-14(17)19-11)4-5-12(16)20-13/h1-6H,7H2,(H2,17,18,19). The van der Waals surface area contributed by atoms with Crippen molar-refractivity contribution in [3.63, 3.8) is 0 Å². The van der Waals surface area contributed by atoms with Crippen LogP contribution in [0.15, 0.2) is 40.9 Å². The van der Waals surface area contributed by atoms with Crippen molar-refractivity contribution in [1.82, 2.24) is 15.0 Å². The van der Waals surface area contributed by atoms with Crippen molar-refractivity contribution >= 4 is 44.5 Å². The third-order valence-electron chi connectivity index (χ3n) is 2.86. The first kappa shape index (κ1) is 13.3. The Hall–Kier alpha value is -1.72. The highest BCUT2D eigenvalue weighted by atomic mass is 79.9. The highest BCUT2D eigenvalue weighted by Crippen LogP contribution is 2.21. The Bertz CT molecular complexity index is 791. The molecule has 0 bridgehead atoms. The topological polar surface area (TPSA) is 64.7 Å². The Balaban J connectivity index is 2.12. The van der Waals surface area contributed by atoms with Crippen molar-refractivity contribution in [3.05, 3.63) is 57.3 Å². The molecule has 0 atom stereocenters. The van der Waals surface area contributed by atoms with Crippen LogP contribution in [0.4, 0.5) is 5.95 Å². The molecule has 0 saturated carbocycles. The Kier molecular flexibility index (Phi) is 3.54. The van der Waals surface area contributed by atoms with Crippen LogP contribution in [0.25, 0.3) is 11.0 Å². The summed E-state index contributed by atoms with van der Waals surface area (Å²) in [6.07, 6.45) is 0.621. The van der Waals surface area contributed by atoms with Crippen LogP contribution in [-0.4, -0.2) is 15.0 Å². The summed E-state index contributed by atoms with van der Waals surface area (Å²) in [4.78, 5) is 12.8. The molecular weight excluding hydrogens is 340 g/mol. The van der Waals surface area contributed by atoms with Crippen LogP contribution in [0.5, 0.6) is 0 Å². The molecule has 6 heteroatoms. The molecule has 0 saturated heterocycles. The van der Waals surface area contributed by atoms with Gasteiger partial charge in [-0.15, -0.1) is 0 Å². The summed E-state index contributed by atoms with van der Waals surface area (Å²) in [5.74, 6) is 0.242. The van der Waals surface area contributed by atoms with E-state index in [1.54, 1.807) is 12.1 Å². The quantitative estimate of drug-likeness (QED) is 0.718. The molecule has 0 aliphatic heterocycles. The molecule has 0 radical (unpaired) electrons. The number of aromatic nitrogens is 3. The molecule has 2 aromatic heterocycles. The van der Waals surface area contributed by atoms with Crippen LogP contribution in [-0.2, 0) is 6.42 Å². The minimum absolute atomic E-state index is 0.242. The number of pyridine rings is 1. The van der Waals surface area contributed by atoms with Gasteiger partial charge in [0.25, 0.3) is 0 Å². The molecule has 4 nitrogen and oxygen atoms in total. The number of hydrogen-bond donors (Lipinski definition) is 1. The Morgan fingerprint density at radius 1 is 1.10 bits per heavy atom. The number of anilines is 1. The van der Waals surface area contributed by atoms with Crippen LogP contribution in [0.3, 0.4) is 0 Å². The molecule has 0 aliphatic carbocycles. The number of nitrogen functional groups attached to an aromatic ring is 1. The summed E-state index contributed by atoms with van der Waals surface area (Å²) < 4.78 is 1.02. The monoisotopic (exact) mass is 348 g/mol. The number of halogens is 2. The summed E-state index contributed by atoms with van der Waals surface area (Å²) in [5.41, 5.74) is 9.02. The van der Waals surface area contributed by atoms with Gasteiger partial charge in [0.15, 0.2) is 0 Å². The van der Waals surface area contributed by atoms with E-state index in [1.807, 2.05) is 24.3 Å². The number of hydrogen-bond acceptors (Lipinski definition) is 4. The average Bonchev–Trinajstić information content (AvgIpc) is 2.39. The first-order valence-electron chi connectivity index (χ1n) is 5.95. The Labute approximate surface area is 129 Å². The van der Waals surface area contributed by atoms with Crippen LogP contribution in [0.2, 0.25) is 5.15 Å². The minimum Gasteiger partial charge on any atom is -0.368 e. The lowest BCUT2D eigenvalue weighted by Gasteiger charge is -2.07. The van der Waals surface area contributed by atoms with E-state index in [0.29, 0.717) is 22.6 Å². The molecule has 2 N–H and O–H groups in total. The molecule has 100 valence electrons. The van der Waals surface area contributed by atoms with E-state index in [1.165, 1.54) is 0 Å². The van der Waals surface area contributed by atoms with E-state index in [4.69, 9.17) is 17.3 Å². The number of rotatable bonds is 2. The van der Waals surface area contributed by atoms with Crippen molar-refractivity contribution in [2.24, 2.45) is 0 Å². The van der Waals surface area contributed by atoms with Crippen LogP contribution < -0.4 is 5.73 Å². The molecule has 0 unspecified atom stereocenters. The summed E-state index contributed by atoms with van der Waals surface area (Å²) in [7, 11) is 0. The number of nitrogens with two attached hydrogens (primary N) is 1. The van der Waals surface area contributed by atoms with Gasteiger partial charge in [0.1, 0.15) is 10.7 Å². The molecule has 20 heavy (non-hydrogen) atoms. The normalized spacial score (nSPS) is 10.9. The van der Waals surface area contributed by atoms with Crippen molar-refractivity contribution in [1.29, 1.82) is 0 Å². The second kappa shape index (κ2) is 5.34. The average molecular weight is 350 g/mol. The van der Waals surface area contributed by atoms with Gasteiger partial charge in [0, 0.05) is 10.9 Å². The van der Waals surface area contributed by atoms with Gasteiger partial charge in [-0.05, 0) is 29.8 Å². The molecule has 0 amide bonds. The van der Waals surface area contributed by atoms with E-state index < -0.39 is 0 Å². The summed E-state index contributed by atoms with van der Waals surface area (Å²) in [5, 5.41) is 0.418. The lowest BCUT2D eigenvalue weighted by Crippen LogP contribution is -2.03. The Morgan fingerprint density at radius 2 is 1.95 bits per heavy atom. The van der Waals surface area contributed by atoms with Crippen LogP contribution in [0, 0.1) is 0 Å². The maximum Gasteiger partial charge on any atom is 0.220 e. The van der Waals surface area contributed by atoms with Crippen molar-refractivity contribution in [3.8, 4) is 0 Å². The van der Waals surface area contributed by atoms with E-state index in [-0.39, 0.29) is 5.95 Å². The van der Waals surface area contributed by atoms with Gasteiger partial charge in [-0.25, -0.2) is 15.0 Å².